The van der Waals surface area contributed by atoms with Gasteiger partial charge in [0.05, 0.1) is 33.1 Å². The molecular formula is C12H11ClFNOS. The van der Waals surface area contributed by atoms with Crippen molar-refractivity contribution in [2.24, 2.45) is 5.92 Å². The summed E-state index contributed by atoms with van der Waals surface area (Å²) in [5.41, 5.74) is 0. The largest absolute Gasteiger partial charge is 0.254 e. The summed E-state index contributed by atoms with van der Waals surface area (Å²) < 4.78 is 25.3. The topological polar surface area (TPSA) is 40.9 Å². The maximum atomic E-state index is 13.0. The second-order valence-electron chi connectivity index (χ2n) is 4.08. The molecule has 0 saturated heterocycles. The number of rotatable bonds is 2. The van der Waals surface area contributed by atoms with Gasteiger partial charge in [0, 0.05) is 4.90 Å². The van der Waals surface area contributed by atoms with Crippen molar-refractivity contribution in [2.75, 3.05) is 0 Å². The standard InChI is InChI=1S/C12H11ClFNOS/c13-10-6-9(4-5-11(10)14)17(16)12-3-1-2-8(12)7-15/h4-6,8,12H,1-3H2. The van der Waals surface area contributed by atoms with Gasteiger partial charge in [0.2, 0.25) is 0 Å². The molecule has 3 unspecified atom stereocenters. The highest BCUT2D eigenvalue weighted by atomic mass is 35.5. The molecule has 0 N–H and O–H groups in total. The molecule has 0 amide bonds. The Kier molecular flexibility index (Phi) is 3.80. The van der Waals surface area contributed by atoms with Gasteiger partial charge in [-0.2, -0.15) is 5.26 Å². The predicted octanol–water partition coefficient (Wildman–Crippen LogP) is 3.28. The molecule has 5 heteroatoms. The molecule has 0 spiro atoms. The first-order valence-corrected chi connectivity index (χ1v) is 6.98. The molecule has 0 aromatic heterocycles. The Hall–Kier alpha value is -0.920. The molecular weight excluding hydrogens is 261 g/mol. The first kappa shape index (κ1) is 12.5. The van der Waals surface area contributed by atoms with E-state index < -0.39 is 16.6 Å². The molecule has 3 atom stereocenters. The molecule has 1 fully saturated rings. The molecule has 0 heterocycles. The van der Waals surface area contributed by atoms with Crippen LogP contribution < -0.4 is 0 Å². The van der Waals surface area contributed by atoms with Crippen LogP contribution in [-0.4, -0.2) is 9.46 Å². The lowest BCUT2D eigenvalue weighted by Gasteiger charge is -2.13. The Morgan fingerprint density at radius 2 is 2.24 bits per heavy atom. The molecule has 0 aliphatic heterocycles. The van der Waals surface area contributed by atoms with E-state index >= 15 is 0 Å². The van der Waals surface area contributed by atoms with Crippen molar-refractivity contribution in [1.29, 1.82) is 5.26 Å². The van der Waals surface area contributed by atoms with Crippen molar-refractivity contribution in [1.82, 2.24) is 0 Å². The van der Waals surface area contributed by atoms with E-state index in [9.17, 15) is 8.60 Å². The fraction of sp³-hybridized carbons (Fsp3) is 0.417. The van der Waals surface area contributed by atoms with Gasteiger partial charge < -0.3 is 0 Å². The minimum Gasteiger partial charge on any atom is -0.254 e. The summed E-state index contributed by atoms with van der Waals surface area (Å²) in [6, 6.07) is 6.27. The van der Waals surface area contributed by atoms with E-state index in [-0.39, 0.29) is 16.2 Å². The summed E-state index contributed by atoms with van der Waals surface area (Å²) in [5, 5.41) is 8.78. The van der Waals surface area contributed by atoms with Gasteiger partial charge in [-0.1, -0.05) is 18.0 Å². The van der Waals surface area contributed by atoms with Crippen molar-refractivity contribution >= 4 is 22.4 Å². The van der Waals surface area contributed by atoms with E-state index in [1.54, 1.807) is 0 Å². The summed E-state index contributed by atoms with van der Waals surface area (Å²) in [7, 11) is -1.28. The highest BCUT2D eigenvalue weighted by molar-refractivity contribution is 7.85. The number of nitriles is 1. The van der Waals surface area contributed by atoms with E-state index in [0.29, 0.717) is 4.90 Å². The quantitative estimate of drug-likeness (QED) is 0.828. The third kappa shape index (κ3) is 2.51. The van der Waals surface area contributed by atoms with Crippen LogP contribution in [0.3, 0.4) is 0 Å². The van der Waals surface area contributed by atoms with Crippen molar-refractivity contribution in [3.63, 3.8) is 0 Å². The molecule has 90 valence electrons. The molecule has 1 aliphatic rings. The first-order chi connectivity index (χ1) is 8.13. The van der Waals surface area contributed by atoms with Crippen molar-refractivity contribution < 1.29 is 8.60 Å². The van der Waals surface area contributed by atoms with Gasteiger partial charge >= 0.3 is 0 Å². The zero-order chi connectivity index (χ0) is 12.4. The van der Waals surface area contributed by atoms with E-state index in [1.165, 1.54) is 18.2 Å². The Morgan fingerprint density at radius 3 is 2.88 bits per heavy atom. The number of hydrogen-bond acceptors (Lipinski definition) is 2. The molecule has 1 aromatic rings. The van der Waals surface area contributed by atoms with Crippen LogP contribution in [0.25, 0.3) is 0 Å². The van der Waals surface area contributed by atoms with E-state index in [1.807, 2.05) is 0 Å². The minimum absolute atomic E-state index is 0.0256. The van der Waals surface area contributed by atoms with Gasteiger partial charge in [-0.3, -0.25) is 4.21 Å². The summed E-state index contributed by atoms with van der Waals surface area (Å²) in [5.74, 6) is -0.685. The summed E-state index contributed by atoms with van der Waals surface area (Å²) >= 11 is 5.66. The number of benzene rings is 1. The van der Waals surface area contributed by atoms with E-state index in [4.69, 9.17) is 16.9 Å². The van der Waals surface area contributed by atoms with Crippen molar-refractivity contribution in [2.45, 2.75) is 29.4 Å². The molecule has 0 bridgehead atoms. The lowest BCUT2D eigenvalue weighted by atomic mass is 10.1. The van der Waals surface area contributed by atoms with Crippen LogP contribution in [0.4, 0.5) is 4.39 Å². The van der Waals surface area contributed by atoms with Crippen molar-refractivity contribution in [3.8, 4) is 6.07 Å². The maximum Gasteiger partial charge on any atom is 0.141 e. The zero-order valence-corrected chi connectivity index (χ0v) is 10.6. The van der Waals surface area contributed by atoms with Gasteiger partial charge in [-0.05, 0) is 31.0 Å². The molecule has 1 aliphatic carbocycles. The average molecular weight is 272 g/mol. The van der Waals surface area contributed by atoms with Crippen LogP contribution in [0, 0.1) is 23.1 Å². The molecule has 0 radical (unpaired) electrons. The Balaban J connectivity index is 2.25. The SMILES string of the molecule is N#CC1CCCC1S(=O)c1ccc(F)c(Cl)c1. The lowest BCUT2D eigenvalue weighted by molar-refractivity contribution is 0.625. The molecule has 2 rings (SSSR count). The van der Waals surface area contributed by atoms with Gasteiger partial charge in [0.1, 0.15) is 5.82 Å². The van der Waals surface area contributed by atoms with Crippen LogP contribution in [0.5, 0.6) is 0 Å². The second kappa shape index (κ2) is 5.16. The summed E-state index contributed by atoms with van der Waals surface area (Å²) in [4.78, 5) is 0.503. The molecule has 2 nitrogen and oxygen atoms in total. The van der Waals surface area contributed by atoms with Gasteiger partial charge in [-0.15, -0.1) is 0 Å². The normalized spacial score (nSPS) is 25.5. The summed E-state index contributed by atoms with van der Waals surface area (Å²) in [6.45, 7) is 0. The number of halogens is 2. The highest BCUT2D eigenvalue weighted by Gasteiger charge is 2.32. The average Bonchev–Trinajstić information content (AvgIpc) is 2.80. The lowest BCUT2D eigenvalue weighted by Crippen LogP contribution is -2.19. The second-order valence-corrected chi connectivity index (χ2v) is 6.16. The molecule has 1 aromatic carbocycles. The zero-order valence-electron chi connectivity index (χ0n) is 9.03. The van der Waals surface area contributed by atoms with Crippen LogP contribution in [-0.2, 0) is 10.8 Å². The Morgan fingerprint density at radius 1 is 1.47 bits per heavy atom. The van der Waals surface area contributed by atoms with Crippen LogP contribution in [0.15, 0.2) is 23.1 Å². The number of nitrogens with zero attached hydrogens (tertiary/aromatic N) is 1. The first-order valence-electron chi connectivity index (χ1n) is 5.38. The smallest absolute Gasteiger partial charge is 0.141 e. The fourth-order valence-electron chi connectivity index (χ4n) is 2.11. The van der Waals surface area contributed by atoms with E-state index in [2.05, 4.69) is 6.07 Å². The fourth-order valence-corrected chi connectivity index (χ4v) is 4.01. The van der Waals surface area contributed by atoms with Crippen LogP contribution in [0.1, 0.15) is 19.3 Å². The summed E-state index contributed by atoms with van der Waals surface area (Å²) in [6.07, 6.45) is 2.49. The van der Waals surface area contributed by atoms with Crippen LogP contribution in [0.2, 0.25) is 5.02 Å². The van der Waals surface area contributed by atoms with Gasteiger partial charge in [-0.25, -0.2) is 4.39 Å². The van der Waals surface area contributed by atoms with Crippen LogP contribution >= 0.6 is 11.6 Å². The molecule has 17 heavy (non-hydrogen) atoms. The van der Waals surface area contributed by atoms with Gasteiger partial charge in [0.25, 0.3) is 0 Å². The third-order valence-electron chi connectivity index (χ3n) is 3.02. The Labute approximate surface area is 107 Å². The van der Waals surface area contributed by atoms with Gasteiger partial charge in [0.15, 0.2) is 0 Å². The maximum absolute atomic E-state index is 13.0. The molecule has 1 saturated carbocycles. The number of hydrogen-bond donors (Lipinski definition) is 0. The highest BCUT2D eigenvalue weighted by Crippen LogP contribution is 2.32. The predicted molar refractivity (Wildman–Crippen MR) is 64.6 cm³/mol. The Bertz CT molecular complexity index is 500. The minimum atomic E-state index is -1.28. The third-order valence-corrected chi connectivity index (χ3v) is 5.14. The van der Waals surface area contributed by atoms with Crippen molar-refractivity contribution in [3.05, 3.63) is 29.0 Å². The monoisotopic (exact) mass is 271 g/mol. The van der Waals surface area contributed by atoms with E-state index in [0.717, 1.165) is 19.3 Å².